The number of aliphatic carboxylic acids is 1. The molecule has 1 rings (SSSR count). The molecule has 0 aliphatic carbocycles. The smallest absolute Gasteiger partial charge is 0.303 e. The summed E-state index contributed by atoms with van der Waals surface area (Å²) in [5.41, 5.74) is 0.510. The molecule has 0 radical (unpaired) electrons. The third-order valence-corrected chi connectivity index (χ3v) is 1.45. The van der Waals surface area contributed by atoms with Gasteiger partial charge in [0.05, 0.1) is 12.1 Å². The van der Waals surface area contributed by atoms with E-state index >= 15 is 0 Å². The van der Waals surface area contributed by atoms with Crippen LogP contribution in [0.25, 0.3) is 0 Å². The summed E-state index contributed by atoms with van der Waals surface area (Å²) >= 11 is 0. The van der Waals surface area contributed by atoms with Crippen LogP contribution in [0.4, 0.5) is 5.88 Å². The number of aryl methyl sites for hydroxylation is 1. The lowest BCUT2D eigenvalue weighted by atomic mass is 10.2. The third-order valence-electron chi connectivity index (χ3n) is 1.45. The van der Waals surface area contributed by atoms with E-state index in [0.29, 0.717) is 12.1 Å². The van der Waals surface area contributed by atoms with Crippen molar-refractivity contribution >= 4 is 17.8 Å². The molecule has 14 heavy (non-hydrogen) atoms. The Morgan fingerprint density at radius 2 is 2.36 bits per heavy atom. The second-order valence-corrected chi connectivity index (χ2v) is 2.76. The molecule has 76 valence electrons. The second kappa shape index (κ2) is 4.40. The first-order chi connectivity index (χ1) is 6.58. The van der Waals surface area contributed by atoms with Crippen LogP contribution in [0.5, 0.6) is 0 Å². The van der Waals surface area contributed by atoms with Crippen molar-refractivity contribution in [1.82, 2.24) is 5.16 Å². The van der Waals surface area contributed by atoms with Crippen molar-refractivity contribution in [2.24, 2.45) is 0 Å². The number of anilines is 1. The average Bonchev–Trinajstić information content (AvgIpc) is 2.47. The Kier molecular flexibility index (Phi) is 3.22. The fourth-order valence-corrected chi connectivity index (χ4v) is 0.897. The number of carboxylic acid groups (broad SMARTS) is 1. The molecular weight excluding hydrogens is 188 g/mol. The van der Waals surface area contributed by atoms with Gasteiger partial charge in [0.15, 0.2) is 0 Å². The molecule has 0 fully saturated rings. The van der Waals surface area contributed by atoms with Crippen molar-refractivity contribution in [1.29, 1.82) is 0 Å². The summed E-state index contributed by atoms with van der Waals surface area (Å²) in [6.45, 7) is 1.35. The van der Waals surface area contributed by atoms with E-state index in [-0.39, 0.29) is 18.2 Å². The lowest BCUT2D eigenvalue weighted by Crippen LogP contribution is -2.04. The van der Waals surface area contributed by atoms with Crippen LogP contribution in [-0.2, 0) is 16.0 Å². The highest BCUT2D eigenvalue weighted by Gasteiger charge is 2.06. The molecule has 1 heterocycles. The first kappa shape index (κ1) is 10.2. The molecule has 1 aromatic heterocycles. The van der Waals surface area contributed by atoms with Gasteiger partial charge >= 0.3 is 5.97 Å². The van der Waals surface area contributed by atoms with E-state index in [9.17, 15) is 9.59 Å². The Morgan fingerprint density at radius 1 is 1.64 bits per heavy atom. The van der Waals surface area contributed by atoms with Crippen molar-refractivity contribution in [3.05, 3.63) is 11.8 Å². The van der Waals surface area contributed by atoms with Gasteiger partial charge < -0.3 is 9.63 Å². The number of hydrogen-bond acceptors (Lipinski definition) is 4. The second-order valence-electron chi connectivity index (χ2n) is 2.76. The highest BCUT2D eigenvalue weighted by molar-refractivity contribution is 5.87. The van der Waals surface area contributed by atoms with Gasteiger partial charge in [-0.05, 0) is 0 Å². The first-order valence-electron chi connectivity index (χ1n) is 4.03. The van der Waals surface area contributed by atoms with Gasteiger partial charge in [-0.1, -0.05) is 5.16 Å². The van der Waals surface area contributed by atoms with Gasteiger partial charge in [-0.3, -0.25) is 14.9 Å². The van der Waals surface area contributed by atoms with Crippen LogP contribution in [-0.4, -0.2) is 22.1 Å². The van der Waals surface area contributed by atoms with Crippen LogP contribution in [0, 0.1) is 0 Å². The zero-order valence-corrected chi connectivity index (χ0v) is 7.61. The summed E-state index contributed by atoms with van der Waals surface area (Å²) in [5, 5.41) is 14.4. The van der Waals surface area contributed by atoms with Gasteiger partial charge in [-0.15, -0.1) is 0 Å². The van der Waals surface area contributed by atoms with Gasteiger partial charge in [0.2, 0.25) is 11.8 Å². The number of carbonyl (C=O) groups is 2. The van der Waals surface area contributed by atoms with Gasteiger partial charge in [-0.2, -0.15) is 0 Å². The number of carbonyl (C=O) groups excluding carboxylic acids is 1. The Labute approximate surface area is 79.9 Å². The fourth-order valence-electron chi connectivity index (χ4n) is 0.897. The van der Waals surface area contributed by atoms with Crippen LogP contribution in [0.15, 0.2) is 10.6 Å². The molecule has 0 unspecified atom stereocenters. The molecule has 0 aliphatic rings. The molecule has 6 nitrogen and oxygen atoms in total. The summed E-state index contributed by atoms with van der Waals surface area (Å²) in [5.74, 6) is -0.919. The molecule has 0 atom stereocenters. The van der Waals surface area contributed by atoms with Crippen LogP contribution in [0.3, 0.4) is 0 Å². The molecule has 0 aliphatic heterocycles. The quantitative estimate of drug-likeness (QED) is 0.740. The minimum Gasteiger partial charge on any atom is -0.481 e. The number of amides is 1. The molecule has 0 saturated carbocycles. The number of aromatic nitrogens is 1. The zero-order valence-electron chi connectivity index (χ0n) is 7.61. The molecule has 0 aromatic carbocycles. The van der Waals surface area contributed by atoms with Crippen LogP contribution in [0.2, 0.25) is 0 Å². The highest BCUT2D eigenvalue weighted by atomic mass is 16.5. The molecule has 6 heteroatoms. The Morgan fingerprint density at radius 3 is 2.93 bits per heavy atom. The van der Waals surface area contributed by atoms with E-state index in [4.69, 9.17) is 9.63 Å². The summed E-state index contributed by atoms with van der Waals surface area (Å²) < 4.78 is 4.73. The van der Waals surface area contributed by atoms with Crippen molar-refractivity contribution in [2.75, 3.05) is 5.32 Å². The molecule has 0 bridgehead atoms. The van der Waals surface area contributed by atoms with Crippen LogP contribution in [0.1, 0.15) is 19.0 Å². The Hall–Kier alpha value is -1.85. The normalized spacial score (nSPS) is 9.79. The van der Waals surface area contributed by atoms with Crippen molar-refractivity contribution < 1.29 is 19.2 Å². The molecule has 0 saturated heterocycles. The van der Waals surface area contributed by atoms with E-state index in [2.05, 4.69) is 10.5 Å². The van der Waals surface area contributed by atoms with Crippen molar-refractivity contribution in [3.8, 4) is 0 Å². The maximum atomic E-state index is 10.6. The predicted octanol–water partition coefficient (Wildman–Crippen LogP) is 0.650. The topological polar surface area (TPSA) is 92.4 Å². The average molecular weight is 198 g/mol. The van der Waals surface area contributed by atoms with Gasteiger partial charge in [0.25, 0.3) is 0 Å². The zero-order chi connectivity index (χ0) is 10.6. The molecule has 2 N–H and O–H groups in total. The summed E-state index contributed by atoms with van der Waals surface area (Å²) in [4.78, 5) is 20.8. The van der Waals surface area contributed by atoms with Crippen LogP contribution < -0.4 is 5.32 Å². The maximum Gasteiger partial charge on any atom is 0.303 e. The molecule has 0 spiro atoms. The SMILES string of the molecule is CC(=O)Nc1cc(CCC(=O)O)no1. The number of hydrogen-bond donors (Lipinski definition) is 2. The van der Waals surface area contributed by atoms with E-state index in [1.165, 1.54) is 13.0 Å². The standard InChI is InChI=1S/C8H10N2O4/c1-5(11)9-7-4-6(10-14-7)2-3-8(12)13/h4H,2-3H2,1H3,(H,9,11)(H,12,13). The number of rotatable bonds is 4. The summed E-state index contributed by atoms with van der Waals surface area (Å²) in [6.07, 6.45) is 0.282. The molecule has 1 aromatic rings. The maximum absolute atomic E-state index is 10.6. The summed E-state index contributed by atoms with van der Waals surface area (Å²) in [6, 6.07) is 1.50. The monoisotopic (exact) mass is 198 g/mol. The Balaban J connectivity index is 2.50. The lowest BCUT2D eigenvalue weighted by Gasteiger charge is -1.90. The Bertz CT molecular complexity index is 345. The number of nitrogens with zero attached hydrogens (tertiary/aromatic N) is 1. The number of nitrogens with one attached hydrogen (secondary N) is 1. The van der Waals surface area contributed by atoms with E-state index in [1.54, 1.807) is 0 Å². The van der Waals surface area contributed by atoms with E-state index in [0.717, 1.165) is 0 Å². The third kappa shape index (κ3) is 3.26. The highest BCUT2D eigenvalue weighted by Crippen LogP contribution is 2.10. The van der Waals surface area contributed by atoms with Crippen LogP contribution >= 0.6 is 0 Å². The van der Waals surface area contributed by atoms with Gasteiger partial charge in [-0.25, -0.2) is 0 Å². The fraction of sp³-hybridized carbons (Fsp3) is 0.375. The lowest BCUT2D eigenvalue weighted by molar-refractivity contribution is -0.137. The largest absolute Gasteiger partial charge is 0.481 e. The minimum absolute atomic E-state index is 0.00789. The van der Waals surface area contributed by atoms with E-state index in [1.807, 2.05) is 0 Å². The molecular formula is C8H10N2O4. The van der Waals surface area contributed by atoms with Gasteiger partial charge in [0, 0.05) is 19.4 Å². The van der Waals surface area contributed by atoms with Crippen molar-refractivity contribution in [3.63, 3.8) is 0 Å². The van der Waals surface area contributed by atoms with Gasteiger partial charge in [0.1, 0.15) is 0 Å². The first-order valence-corrected chi connectivity index (χ1v) is 4.03. The number of carboxylic acids is 1. The minimum atomic E-state index is -0.894. The van der Waals surface area contributed by atoms with E-state index < -0.39 is 5.97 Å². The predicted molar refractivity (Wildman–Crippen MR) is 46.8 cm³/mol. The van der Waals surface area contributed by atoms with Crippen molar-refractivity contribution in [2.45, 2.75) is 19.8 Å². The molecule has 1 amide bonds. The summed E-state index contributed by atoms with van der Waals surface area (Å²) in [7, 11) is 0.